The Balaban J connectivity index is 2.28. The molecule has 6 nitrogen and oxygen atoms in total. The van der Waals surface area contributed by atoms with Gasteiger partial charge in [0.25, 0.3) is 0 Å². The Bertz CT molecular complexity index is 1040. The van der Waals surface area contributed by atoms with E-state index in [1.165, 1.54) is 0 Å². The molecule has 0 aliphatic carbocycles. The monoisotopic (exact) mass is 478 g/mol. The average Bonchev–Trinajstić information content (AvgIpc) is 3.04. The minimum Gasteiger partial charge on any atom is -0.314 e. The van der Waals surface area contributed by atoms with Crippen molar-refractivity contribution in [3.63, 3.8) is 0 Å². The quantitative estimate of drug-likeness (QED) is 0.430. The van der Waals surface area contributed by atoms with Crippen molar-refractivity contribution < 1.29 is 18.2 Å². The molecule has 3 unspecified atom stereocenters. The molecule has 0 spiro atoms. The Morgan fingerprint density at radius 2 is 1.47 bits per heavy atom. The first-order valence-corrected chi connectivity index (χ1v) is 14.7. The molecule has 0 aromatic heterocycles. The molecule has 1 heterocycles. The third-order valence-corrected chi connectivity index (χ3v) is 12.1. The van der Waals surface area contributed by atoms with E-state index in [1.54, 1.807) is 0 Å². The highest BCUT2D eigenvalue weighted by Gasteiger charge is 2.53. The lowest BCUT2D eigenvalue weighted by Gasteiger charge is -2.35. The van der Waals surface area contributed by atoms with Gasteiger partial charge in [-0.1, -0.05) is 64.1 Å². The molecule has 32 heavy (non-hydrogen) atoms. The summed E-state index contributed by atoms with van der Waals surface area (Å²) in [5, 5.41) is 1.32. The molecule has 2 aromatic rings. The zero-order valence-corrected chi connectivity index (χ0v) is 21.9. The molecular formula is C24H36N2O4P2. The first kappa shape index (κ1) is 25.4. The van der Waals surface area contributed by atoms with Gasteiger partial charge in [-0.15, -0.1) is 0 Å². The van der Waals surface area contributed by atoms with Crippen LogP contribution in [0.2, 0.25) is 0 Å². The molecule has 0 amide bonds. The predicted molar refractivity (Wildman–Crippen MR) is 132 cm³/mol. The van der Waals surface area contributed by atoms with Crippen LogP contribution < -0.4 is 10.6 Å². The minimum atomic E-state index is -3.36. The molecule has 0 fully saturated rings. The van der Waals surface area contributed by atoms with E-state index in [-0.39, 0.29) is 0 Å². The van der Waals surface area contributed by atoms with Gasteiger partial charge in [0.2, 0.25) is 0 Å². The molecule has 3 rings (SSSR count). The molecule has 0 saturated carbocycles. The Kier molecular flexibility index (Phi) is 7.87. The van der Waals surface area contributed by atoms with E-state index >= 15 is 0 Å². The van der Waals surface area contributed by atoms with Gasteiger partial charge in [-0.25, -0.2) is 9.34 Å². The lowest BCUT2D eigenvalue weighted by atomic mass is 9.88. The lowest BCUT2D eigenvalue weighted by molar-refractivity contribution is 0.136. The van der Waals surface area contributed by atoms with Crippen LogP contribution in [-0.4, -0.2) is 42.1 Å². The topological polar surface area (TPSA) is 59.1 Å². The first-order valence-electron chi connectivity index (χ1n) is 11.5. The molecule has 0 saturated heterocycles. The van der Waals surface area contributed by atoms with E-state index in [0.717, 1.165) is 16.4 Å². The molecule has 176 valence electrons. The highest BCUT2D eigenvalue weighted by atomic mass is 31.2. The van der Waals surface area contributed by atoms with Gasteiger partial charge in [-0.2, -0.15) is 0 Å². The molecule has 8 heteroatoms. The zero-order valence-electron chi connectivity index (χ0n) is 20.1. The van der Waals surface area contributed by atoms with Crippen molar-refractivity contribution in [2.75, 3.05) is 32.8 Å². The molecule has 3 atom stereocenters. The molecular weight excluding hydrogens is 442 g/mol. The van der Waals surface area contributed by atoms with Gasteiger partial charge in [0.05, 0.1) is 17.2 Å². The summed E-state index contributed by atoms with van der Waals surface area (Å²) in [6.45, 7) is 14.5. The number of benzene rings is 2. The first-order chi connectivity index (χ1) is 15.3. The summed E-state index contributed by atoms with van der Waals surface area (Å²) in [5.41, 5.74) is 0.567. The number of hydrogen-bond donors (Lipinski definition) is 0. The molecule has 0 N–H and O–H groups in total. The van der Waals surface area contributed by atoms with E-state index in [2.05, 4.69) is 0 Å². The Hall–Kier alpha value is -1.26. The van der Waals surface area contributed by atoms with E-state index < -0.39 is 20.6 Å². The van der Waals surface area contributed by atoms with Gasteiger partial charge in [0, 0.05) is 37.3 Å². The number of fused-ring (bicyclic) bond motifs is 1. The van der Waals surface area contributed by atoms with Crippen molar-refractivity contribution in [2.45, 2.75) is 47.1 Å². The summed E-state index contributed by atoms with van der Waals surface area (Å²) in [4.78, 5) is 0. The second-order valence-corrected chi connectivity index (χ2v) is 12.5. The average molecular weight is 479 g/mol. The van der Waals surface area contributed by atoms with Crippen molar-refractivity contribution in [3.8, 4) is 0 Å². The number of rotatable bonds is 10. The molecule has 2 aromatic carbocycles. The molecule has 0 bridgehead atoms. The van der Waals surface area contributed by atoms with E-state index in [0.29, 0.717) is 38.1 Å². The fourth-order valence-corrected chi connectivity index (χ4v) is 10.1. The highest BCUT2D eigenvalue weighted by molar-refractivity contribution is 7.65. The Labute approximate surface area is 192 Å². The summed E-state index contributed by atoms with van der Waals surface area (Å²) in [7, 11) is -6.65. The zero-order chi connectivity index (χ0) is 23.6. The van der Waals surface area contributed by atoms with Gasteiger partial charge in [-0.3, -0.25) is 13.7 Å². The standard InChI is InChI=1S/C24H36N2O4P2/c1-7-25(8-2)31(27,29-11-5)22-18-14-12-16-20(22)24(6)21-17-13-15-19-23(21)32(28,30-24)26(9-3)10-4/h12-19H,7-11H2,1-6H3. The van der Waals surface area contributed by atoms with Gasteiger partial charge in [0.1, 0.15) is 5.60 Å². The van der Waals surface area contributed by atoms with Crippen LogP contribution in [0.15, 0.2) is 48.5 Å². The van der Waals surface area contributed by atoms with Crippen LogP contribution in [0, 0.1) is 0 Å². The van der Waals surface area contributed by atoms with Crippen molar-refractivity contribution in [1.82, 2.24) is 9.34 Å². The second-order valence-electron chi connectivity index (χ2n) is 7.90. The van der Waals surface area contributed by atoms with Gasteiger partial charge in [0.15, 0.2) is 0 Å². The Morgan fingerprint density at radius 1 is 0.906 bits per heavy atom. The summed E-state index contributed by atoms with van der Waals surface area (Å²) in [6, 6.07) is 15.3. The molecule has 0 radical (unpaired) electrons. The fraction of sp³-hybridized carbons (Fsp3) is 0.500. The Morgan fingerprint density at radius 3 is 2.03 bits per heavy atom. The van der Waals surface area contributed by atoms with Crippen LogP contribution in [-0.2, 0) is 23.8 Å². The van der Waals surface area contributed by atoms with Gasteiger partial charge >= 0.3 is 15.0 Å². The smallest absolute Gasteiger partial charge is 0.303 e. The summed E-state index contributed by atoms with van der Waals surface area (Å²) in [6.07, 6.45) is 0. The van der Waals surface area contributed by atoms with E-state index in [1.807, 2.05) is 99.4 Å². The van der Waals surface area contributed by atoms with Gasteiger partial charge < -0.3 is 4.52 Å². The van der Waals surface area contributed by atoms with Gasteiger partial charge in [-0.05, 0) is 26.0 Å². The fourth-order valence-electron chi connectivity index (χ4n) is 4.67. The van der Waals surface area contributed by atoms with Crippen LogP contribution in [0.1, 0.15) is 52.7 Å². The van der Waals surface area contributed by atoms with Crippen molar-refractivity contribution in [1.29, 1.82) is 0 Å². The highest BCUT2D eigenvalue weighted by Crippen LogP contribution is 2.63. The largest absolute Gasteiger partial charge is 0.314 e. The van der Waals surface area contributed by atoms with Crippen LogP contribution in [0.5, 0.6) is 0 Å². The maximum Gasteiger partial charge on any atom is 0.303 e. The predicted octanol–water partition coefficient (Wildman–Crippen LogP) is 5.34. The maximum atomic E-state index is 14.4. The summed E-state index contributed by atoms with van der Waals surface area (Å²) < 4.78 is 45.0. The third-order valence-electron chi connectivity index (χ3n) is 6.26. The van der Waals surface area contributed by atoms with E-state index in [4.69, 9.17) is 9.05 Å². The van der Waals surface area contributed by atoms with Crippen LogP contribution in [0.4, 0.5) is 0 Å². The summed E-state index contributed by atoms with van der Waals surface area (Å²) >= 11 is 0. The summed E-state index contributed by atoms with van der Waals surface area (Å²) in [5.74, 6) is 0. The van der Waals surface area contributed by atoms with E-state index in [9.17, 15) is 9.13 Å². The molecule has 1 aliphatic heterocycles. The number of nitrogens with zero attached hydrogens (tertiary/aromatic N) is 2. The van der Waals surface area contributed by atoms with Crippen LogP contribution >= 0.6 is 15.0 Å². The lowest BCUT2D eigenvalue weighted by Crippen LogP contribution is -2.35. The molecule has 1 aliphatic rings. The van der Waals surface area contributed by atoms with Crippen LogP contribution in [0.25, 0.3) is 0 Å². The minimum absolute atomic E-state index is 0.328. The second kappa shape index (κ2) is 9.93. The maximum absolute atomic E-state index is 14.4. The third kappa shape index (κ3) is 3.96. The van der Waals surface area contributed by atoms with Crippen molar-refractivity contribution in [2.24, 2.45) is 0 Å². The normalized spacial score (nSPS) is 24.6. The SMILES string of the molecule is CCOP(=O)(c1ccccc1C1(C)OP(=O)(N(CC)CC)c2ccccc21)N(CC)CC. The van der Waals surface area contributed by atoms with Crippen molar-refractivity contribution in [3.05, 3.63) is 59.7 Å². The van der Waals surface area contributed by atoms with Crippen LogP contribution in [0.3, 0.4) is 0 Å². The van der Waals surface area contributed by atoms with Crippen molar-refractivity contribution >= 4 is 25.6 Å². The number of hydrogen-bond acceptors (Lipinski definition) is 4.